The number of hydrogen-bond acceptors (Lipinski definition) is 3. The Labute approximate surface area is 83.1 Å². The number of furan rings is 1. The molecule has 0 spiro atoms. The van der Waals surface area contributed by atoms with Gasteiger partial charge in [-0.3, -0.25) is 4.79 Å². The van der Waals surface area contributed by atoms with E-state index in [0.717, 1.165) is 0 Å². The molecule has 0 bridgehead atoms. The quantitative estimate of drug-likeness (QED) is 0.787. The summed E-state index contributed by atoms with van der Waals surface area (Å²) in [7, 11) is 1.65. The van der Waals surface area contributed by atoms with Crippen LogP contribution in [-0.2, 0) is 0 Å². The summed E-state index contributed by atoms with van der Waals surface area (Å²) in [6.45, 7) is 3.75. The summed E-state index contributed by atoms with van der Waals surface area (Å²) < 4.78 is 5.03. The number of rotatable bonds is 3. The Balaban J connectivity index is 2.65. The molecule has 1 unspecified atom stereocenters. The molecule has 0 aliphatic carbocycles. The van der Waals surface area contributed by atoms with Gasteiger partial charge in [-0.05, 0) is 19.9 Å². The van der Waals surface area contributed by atoms with E-state index in [1.807, 2.05) is 0 Å². The maximum absolute atomic E-state index is 11.6. The number of aryl methyl sites for hydroxylation is 1. The molecule has 4 heteroatoms. The fraction of sp³-hybridized carbons (Fsp3) is 0.500. The SMILES string of the molecule is Cc1cc(C(=O)N(C)CC(C)O)co1. The number of aliphatic hydroxyl groups excluding tert-OH is 1. The molecule has 1 heterocycles. The third-order valence-corrected chi connectivity index (χ3v) is 1.86. The Hall–Kier alpha value is -1.29. The number of carbonyl (C=O) groups is 1. The summed E-state index contributed by atoms with van der Waals surface area (Å²) in [5, 5.41) is 9.11. The minimum atomic E-state index is -0.517. The molecule has 4 nitrogen and oxygen atoms in total. The topological polar surface area (TPSA) is 53.7 Å². The lowest BCUT2D eigenvalue weighted by molar-refractivity contribution is 0.0703. The van der Waals surface area contributed by atoms with E-state index in [1.54, 1.807) is 27.0 Å². The molecular weight excluding hydrogens is 182 g/mol. The van der Waals surface area contributed by atoms with Crippen LogP contribution in [0.5, 0.6) is 0 Å². The van der Waals surface area contributed by atoms with Gasteiger partial charge in [0.1, 0.15) is 12.0 Å². The Kier molecular flexibility index (Phi) is 3.30. The van der Waals surface area contributed by atoms with E-state index in [-0.39, 0.29) is 5.91 Å². The van der Waals surface area contributed by atoms with Crippen molar-refractivity contribution in [3.05, 3.63) is 23.7 Å². The Bertz CT molecular complexity index is 317. The van der Waals surface area contributed by atoms with Crippen molar-refractivity contribution in [3.8, 4) is 0 Å². The zero-order valence-corrected chi connectivity index (χ0v) is 8.65. The second-order valence-electron chi connectivity index (χ2n) is 3.48. The fourth-order valence-corrected chi connectivity index (χ4v) is 1.26. The molecule has 0 saturated heterocycles. The first-order chi connectivity index (χ1) is 6.50. The molecule has 0 saturated carbocycles. The van der Waals surface area contributed by atoms with Crippen LogP contribution in [0, 0.1) is 6.92 Å². The smallest absolute Gasteiger partial charge is 0.256 e. The van der Waals surface area contributed by atoms with E-state index >= 15 is 0 Å². The van der Waals surface area contributed by atoms with E-state index in [4.69, 9.17) is 9.52 Å². The standard InChI is InChI=1S/C10H15NO3/c1-7(12)5-11(3)10(13)9-4-8(2)14-6-9/h4,6-7,12H,5H2,1-3H3. The first kappa shape index (κ1) is 10.8. The lowest BCUT2D eigenvalue weighted by Gasteiger charge is -2.17. The van der Waals surface area contributed by atoms with Crippen molar-refractivity contribution in [3.63, 3.8) is 0 Å². The molecule has 1 rings (SSSR count). The fourth-order valence-electron chi connectivity index (χ4n) is 1.26. The van der Waals surface area contributed by atoms with E-state index in [1.165, 1.54) is 11.2 Å². The highest BCUT2D eigenvalue weighted by Gasteiger charge is 2.14. The van der Waals surface area contributed by atoms with Gasteiger partial charge in [-0.25, -0.2) is 0 Å². The van der Waals surface area contributed by atoms with Crippen molar-refractivity contribution >= 4 is 5.91 Å². The average Bonchev–Trinajstić information content (AvgIpc) is 2.49. The summed E-state index contributed by atoms with van der Waals surface area (Å²) >= 11 is 0. The summed E-state index contributed by atoms with van der Waals surface area (Å²) in [6, 6.07) is 1.68. The predicted octanol–water partition coefficient (Wildman–Crippen LogP) is 1.04. The zero-order valence-electron chi connectivity index (χ0n) is 8.65. The summed E-state index contributed by atoms with van der Waals surface area (Å²) in [5.74, 6) is 0.571. The van der Waals surface area contributed by atoms with Crippen LogP contribution in [0.25, 0.3) is 0 Å². The Morgan fingerprint density at radius 1 is 1.71 bits per heavy atom. The number of aliphatic hydroxyl groups is 1. The molecule has 0 radical (unpaired) electrons. The van der Waals surface area contributed by atoms with Gasteiger partial charge < -0.3 is 14.4 Å². The molecule has 1 N–H and O–H groups in total. The maximum atomic E-state index is 11.6. The van der Waals surface area contributed by atoms with Gasteiger partial charge in [0.05, 0.1) is 11.7 Å². The highest BCUT2D eigenvalue weighted by Crippen LogP contribution is 2.08. The second kappa shape index (κ2) is 4.28. The second-order valence-corrected chi connectivity index (χ2v) is 3.48. The maximum Gasteiger partial charge on any atom is 0.256 e. The molecule has 1 atom stereocenters. The number of hydrogen-bond donors (Lipinski definition) is 1. The van der Waals surface area contributed by atoms with Gasteiger partial charge >= 0.3 is 0 Å². The monoisotopic (exact) mass is 197 g/mol. The van der Waals surface area contributed by atoms with Gasteiger partial charge in [0, 0.05) is 13.6 Å². The molecular formula is C10H15NO3. The van der Waals surface area contributed by atoms with Gasteiger partial charge in [-0.15, -0.1) is 0 Å². The van der Waals surface area contributed by atoms with Gasteiger partial charge in [-0.1, -0.05) is 0 Å². The van der Waals surface area contributed by atoms with Gasteiger partial charge in [0.15, 0.2) is 0 Å². The molecule has 1 aromatic rings. The highest BCUT2D eigenvalue weighted by atomic mass is 16.3. The van der Waals surface area contributed by atoms with Crippen molar-refractivity contribution in [2.75, 3.05) is 13.6 Å². The van der Waals surface area contributed by atoms with Crippen molar-refractivity contribution in [2.45, 2.75) is 20.0 Å². The van der Waals surface area contributed by atoms with E-state index in [9.17, 15) is 4.79 Å². The van der Waals surface area contributed by atoms with Crippen LogP contribution in [0.1, 0.15) is 23.0 Å². The molecule has 1 aromatic heterocycles. The molecule has 0 aliphatic rings. The Morgan fingerprint density at radius 2 is 2.36 bits per heavy atom. The lowest BCUT2D eigenvalue weighted by atomic mass is 10.2. The van der Waals surface area contributed by atoms with Crippen molar-refractivity contribution in [1.82, 2.24) is 4.90 Å². The van der Waals surface area contributed by atoms with Crippen LogP contribution in [0.3, 0.4) is 0 Å². The number of carbonyl (C=O) groups excluding carboxylic acids is 1. The van der Waals surface area contributed by atoms with Crippen LogP contribution >= 0.6 is 0 Å². The number of nitrogens with zero attached hydrogens (tertiary/aromatic N) is 1. The van der Waals surface area contributed by atoms with Crippen LogP contribution in [-0.4, -0.2) is 35.6 Å². The van der Waals surface area contributed by atoms with Gasteiger partial charge in [-0.2, -0.15) is 0 Å². The Morgan fingerprint density at radius 3 is 2.79 bits per heavy atom. The predicted molar refractivity (Wildman–Crippen MR) is 52.1 cm³/mol. The first-order valence-corrected chi connectivity index (χ1v) is 4.49. The highest BCUT2D eigenvalue weighted by molar-refractivity contribution is 5.93. The van der Waals surface area contributed by atoms with Crippen molar-refractivity contribution < 1.29 is 14.3 Å². The summed E-state index contributed by atoms with van der Waals surface area (Å²) in [5.41, 5.74) is 0.519. The molecule has 14 heavy (non-hydrogen) atoms. The van der Waals surface area contributed by atoms with Crippen LogP contribution in [0.15, 0.2) is 16.7 Å². The molecule has 0 fully saturated rings. The molecule has 0 aromatic carbocycles. The van der Waals surface area contributed by atoms with E-state index in [2.05, 4.69) is 0 Å². The molecule has 1 amide bonds. The summed E-state index contributed by atoms with van der Waals surface area (Å²) in [4.78, 5) is 13.1. The van der Waals surface area contributed by atoms with Crippen molar-refractivity contribution in [1.29, 1.82) is 0 Å². The zero-order chi connectivity index (χ0) is 10.7. The van der Waals surface area contributed by atoms with Gasteiger partial charge in [0.25, 0.3) is 5.91 Å². The summed E-state index contributed by atoms with van der Waals surface area (Å²) in [6.07, 6.45) is 0.910. The van der Waals surface area contributed by atoms with Crippen LogP contribution < -0.4 is 0 Å². The number of amides is 1. The third kappa shape index (κ3) is 2.60. The van der Waals surface area contributed by atoms with Crippen LogP contribution in [0.2, 0.25) is 0 Å². The lowest BCUT2D eigenvalue weighted by Crippen LogP contribution is -2.32. The molecule has 0 aliphatic heterocycles. The van der Waals surface area contributed by atoms with E-state index < -0.39 is 6.10 Å². The first-order valence-electron chi connectivity index (χ1n) is 4.49. The third-order valence-electron chi connectivity index (χ3n) is 1.86. The van der Waals surface area contributed by atoms with Crippen molar-refractivity contribution in [2.24, 2.45) is 0 Å². The van der Waals surface area contributed by atoms with E-state index in [0.29, 0.717) is 17.9 Å². The normalized spacial score (nSPS) is 12.6. The number of likely N-dealkylation sites (N-methyl/N-ethyl adjacent to an activating group) is 1. The minimum absolute atomic E-state index is 0.136. The average molecular weight is 197 g/mol. The largest absolute Gasteiger partial charge is 0.469 e. The minimum Gasteiger partial charge on any atom is -0.469 e. The van der Waals surface area contributed by atoms with Gasteiger partial charge in [0.2, 0.25) is 0 Å². The van der Waals surface area contributed by atoms with Crippen LogP contribution in [0.4, 0.5) is 0 Å². The molecule has 78 valence electrons.